The first-order valence-electron chi connectivity index (χ1n) is 8.48. The zero-order valence-electron chi connectivity index (χ0n) is 12.9. The predicted octanol–water partition coefficient (Wildman–Crippen LogP) is 4.78. The van der Waals surface area contributed by atoms with Gasteiger partial charge in [0.15, 0.2) is 5.13 Å². The average molecular weight is 321 g/mol. The number of hydrogen-bond donors (Lipinski definition) is 1. The second kappa shape index (κ2) is 6.68. The van der Waals surface area contributed by atoms with Crippen LogP contribution in [0.5, 0.6) is 0 Å². The molecule has 2 nitrogen and oxygen atoms in total. The van der Waals surface area contributed by atoms with E-state index in [0.717, 1.165) is 68.3 Å². The molecule has 120 valence electrons. The lowest BCUT2D eigenvalue weighted by Crippen LogP contribution is -2.45. The number of hydrogen-bond acceptors (Lipinski definition) is 3. The van der Waals surface area contributed by atoms with Crippen LogP contribution in [0.3, 0.4) is 0 Å². The number of nitriles is 1. The highest BCUT2D eigenvalue weighted by Gasteiger charge is 2.45. The third-order valence-corrected chi connectivity index (χ3v) is 6.62. The van der Waals surface area contributed by atoms with Crippen molar-refractivity contribution in [3.05, 3.63) is 22.1 Å². The molecule has 2 aliphatic rings. The Hall–Kier alpha value is -0.920. The van der Waals surface area contributed by atoms with Crippen LogP contribution in [0.4, 0.5) is 4.39 Å². The van der Waals surface area contributed by atoms with Gasteiger partial charge < -0.3 is 5.11 Å². The van der Waals surface area contributed by atoms with Crippen LogP contribution in [-0.2, 0) is 5.41 Å². The molecule has 1 aromatic heterocycles. The Kier molecular flexibility index (Phi) is 4.84. The number of aliphatic hydroxyl groups excluding tert-OH is 1. The van der Waals surface area contributed by atoms with Crippen molar-refractivity contribution in [2.75, 3.05) is 0 Å². The topological polar surface area (TPSA) is 44.0 Å². The Labute approximate surface area is 136 Å². The smallest absolute Gasteiger partial charge is 0.176 e. The van der Waals surface area contributed by atoms with E-state index in [4.69, 9.17) is 5.26 Å². The molecule has 4 heteroatoms. The van der Waals surface area contributed by atoms with Gasteiger partial charge in [-0.2, -0.15) is 9.65 Å². The van der Waals surface area contributed by atoms with E-state index in [-0.39, 0.29) is 22.6 Å². The maximum absolute atomic E-state index is 13.3. The minimum Gasteiger partial charge on any atom is -0.392 e. The second-order valence-corrected chi connectivity index (χ2v) is 7.88. The van der Waals surface area contributed by atoms with E-state index < -0.39 is 0 Å². The van der Waals surface area contributed by atoms with Crippen molar-refractivity contribution in [3.63, 3.8) is 0 Å². The summed E-state index contributed by atoms with van der Waals surface area (Å²) in [5, 5.41) is 21.6. The van der Waals surface area contributed by atoms with Crippen molar-refractivity contribution in [2.24, 2.45) is 11.8 Å². The molecule has 2 fully saturated rings. The highest BCUT2D eigenvalue weighted by atomic mass is 32.1. The summed E-state index contributed by atoms with van der Waals surface area (Å²) in [5.74, 6) is 0.744. The molecule has 1 heterocycles. The van der Waals surface area contributed by atoms with Crippen LogP contribution in [-0.4, -0.2) is 11.2 Å². The Morgan fingerprint density at radius 3 is 2.82 bits per heavy atom. The Balaban J connectivity index is 1.55. The quantitative estimate of drug-likeness (QED) is 0.819. The zero-order chi connectivity index (χ0) is 15.6. The van der Waals surface area contributed by atoms with Crippen molar-refractivity contribution < 1.29 is 9.50 Å². The van der Waals surface area contributed by atoms with E-state index in [2.05, 4.69) is 6.07 Å². The molecular formula is C18H24FNOS. The third-order valence-electron chi connectivity index (χ3n) is 5.90. The van der Waals surface area contributed by atoms with Crippen molar-refractivity contribution >= 4 is 11.3 Å². The summed E-state index contributed by atoms with van der Waals surface area (Å²) in [4.78, 5) is 0. The monoisotopic (exact) mass is 321 g/mol. The van der Waals surface area contributed by atoms with Crippen molar-refractivity contribution in [3.8, 4) is 6.07 Å². The van der Waals surface area contributed by atoms with Crippen LogP contribution < -0.4 is 0 Å². The van der Waals surface area contributed by atoms with Crippen LogP contribution in [0.2, 0.25) is 0 Å². The van der Waals surface area contributed by atoms with Gasteiger partial charge in [-0.1, -0.05) is 19.3 Å². The molecule has 3 atom stereocenters. The SMILES string of the molecule is N#C[C@H]1CCCC1CCCC(O)C1(c2csc(F)c2)CCC1. The Morgan fingerprint density at radius 2 is 2.23 bits per heavy atom. The summed E-state index contributed by atoms with van der Waals surface area (Å²) >= 11 is 1.13. The van der Waals surface area contributed by atoms with E-state index in [9.17, 15) is 9.50 Å². The lowest BCUT2D eigenvalue weighted by atomic mass is 9.61. The first-order chi connectivity index (χ1) is 10.7. The Morgan fingerprint density at radius 1 is 1.41 bits per heavy atom. The van der Waals surface area contributed by atoms with Gasteiger partial charge in [0.2, 0.25) is 0 Å². The van der Waals surface area contributed by atoms with E-state index in [1.54, 1.807) is 6.07 Å². The zero-order valence-corrected chi connectivity index (χ0v) is 13.7. The van der Waals surface area contributed by atoms with E-state index >= 15 is 0 Å². The van der Waals surface area contributed by atoms with Gasteiger partial charge in [0.25, 0.3) is 0 Å². The fourth-order valence-electron chi connectivity index (χ4n) is 4.35. The van der Waals surface area contributed by atoms with Gasteiger partial charge in [-0.3, -0.25) is 0 Å². The summed E-state index contributed by atoms with van der Waals surface area (Å²) < 4.78 is 13.3. The molecule has 0 aliphatic heterocycles. The molecule has 0 spiro atoms. The molecule has 2 aliphatic carbocycles. The van der Waals surface area contributed by atoms with Gasteiger partial charge in [0, 0.05) is 11.3 Å². The number of rotatable bonds is 6. The molecule has 3 rings (SSSR count). The fourth-order valence-corrected chi connectivity index (χ4v) is 5.08. The fraction of sp³-hybridized carbons (Fsp3) is 0.722. The number of aliphatic hydroxyl groups is 1. The molecule has 2 saturated carbocycles. The molecule has 22 heavy (non-hydrogen) atoms. The van der Waals surface area contributed by atoms with Gasteiger partial charge in [0.1, 0.15) is 0 Å². The maximum Gasteiger partial charge on any atom is 0.176 e. The molecule has 0 aromatic carbocycles. The highest BCUT2D eigenvalue weighted by Crippen LogP contribution is 2.49. The molecule has 0 radical (unpaired) electrons. The minimum absolute atomic E-state index is 0.156. The molecule has 0 bridgehead atoms. The third kappa shape index (κ3) is 2.94. The lowest BCUT2D eigenvalue weighted by Gasteiger charge is -2.45. The largest absolute Gasteiger partial charge is 0.392 e. The lowest BCUT2D eigenvalue weighted by molar-refractivity contribution is 0.0198. The molecule has 0 amide bonds. The molecule has 1 N–H and O–H groups in total. The summed E-state index contributed by atoms with van der Waals surface area (Å²) in [5.41, 5.74) is 0.787. The first kappa shape index (κ1) is 16.0. The van der Waals surface area contributed by atoms with Gasteiger partial charge in [-0.25, -0.2) is 0 Å². The second-order valence-electron chi connectivity index (χ2n) is 7.02. The number of nitrogens with zero attached hydrogens (tertiary/aromatic N) is 1. The summed E-state index contributed by atoms with van der Waals surface area (Å²) in [6.07, 6.45) is 8.84. The summed E-state index contributed by atoms with van der Waals surface area (Å²) in [7, 11) is 0. The number of halogens is 1. The normalized spacial score (nSPS) is 28.0. The molecular weight excluding hydrogens is 297 g/mol. The van der Waals surface area contributed by atoms with Gasteiger partial charge in [-0.15, -0.1) is 11.3 Å². The van der Waals surface area contributed by atoms with Gasteiger partial charge in [-0.05, 0) is 61.5 Å². The first-order valence-corrected chi connectivity index (χ1v) is 9.36. The minimum atomic E-state index is -0.378. The highest BCUT2D eigenvalue weighted by molar-refractivity contribution is 7.08. The van der Waals surface area contributed by atoms with Gasteiger partial charge in [0.05, 0.1) is 12.2 Å². The van der Waals surface area contributed by atoms with Crippen LogP contribution >= 0.6 is 11.3 Å². The van der Waals surface area contributed by atoms with Crippen LogP contribution in [0.1, 0.15) is 63.4 Å². The van der Waals surface area contributed by atoms with Crippen molar-refractivity contribution in [1.82, 2.24) is 0 Å². The van der Waals surface area contributed by atoms with E-state index in [1.165, 1.54) is 6.42 Å². The van der Waals surface area contributed by atoms with Crippen molar-refractivity contribution in [1.29, 1.82) is 5.26 Å². The molecule has 0 saturated heterocycles. The van der Waals surface area contributed by atoms with Crippen molar-refractivity contribution in [2.45, 2.75) is 69.3 Å². The average Bonchev–Trinajstić information content (AvgIpc) is 3.07. The van der Waals surface area contributed by atoms with Gasteiger partial charge >= 0.3 is 0 Å². The Bertz CT molecular complexity index is 546. The predicted molar refractivity (Wildman–Crippen MR) is 86.1 cm³/mol. The number of thiophene rings is 1. The summed E-state index contributed by atoms with van der Waals surface area (Å²) in [6, 6.07) is 4.04. The van der Waals surface area contributed by atoms with E-state index in [1.807, 2.05) is 5.38 Å². The maximum atomic E-state index is 13.3. The van der Waals surface area contributed by atoms with Crippen LogP contribution in [0.25, 0.3) is 0 Å². The van der Waals surface area contributed by atoms with E-state index in [0.29, 0.717) is 5.92 Å². The van der Waals surface area contributed by atoms with Crippen LogP contribution in [0.15, 0.2) is 11.4 Å². The molecule has 2 unspecified atom stereocenters. The summed E-state index contributed by atoms with van der Waals surface area (Å²) in [6.45, 7) is 0. The molecule has 1 aromatic rings. The standard InChI is InChI=1S/C18H24FNOS/c19-17-10-15(12-22-17)18(8-3-9-18)16(21)7-2-5-13-4-1-6-14(13)11-20/h10,12-14,16,21H,1-9H2/t13?,14-,16?/m1/s1. The van der Waals surface area contributed by atoms with Crippen LogP contribution in [0, 0.1) is 28.3 Å².